The molecule has 0 radical (unpaired) electrons. The third kappa shape index (κ3) is 2.75. The lowest BCUT2D eigenvalue weighted by molar-refractivity contribution is 0.0752. The molecule has 7 heteroatoms. The second-order valence-electron chi connectivity index (χ2n) is 5.09. The summed E-state index contributed by atoms with van der Waals surface area (Å²) in [6.07, 6.45) is 0. The zero-order valence-electron chi connectivity index (χ0n) is 12.6. The van der Waals surface area contributed by atoms with E-state index in [2.05, 4.69) is 10.4 Å². The maximum atomic E-state index is 12.6. The minimum absolute atomic E-state index is 0.00386. The number of aliphatic imine (C=N–C) groups is 1. The molecule has 0 fully saturated rings. The number of rotatable bonds is 3. The number of carbonyl (C=O) groups is 1. The van der Waals surface area contributed by atoms with Crippen LogP contribution in [0.1, 0.15) is 15.9 Å². The van der Waals surface area contributed by atoms with Gasteiger partial charge in [-0.3, -0.25) is 10.5 Å². The molecular formula is C16H17N5O2. The first-order valence-corrected chi connectivity index (χ1v) is 6.99. The number of guanidine groups is 1. The van der Waals surface area contributed by atoms with Gasteiger partial charge in [0.05, 0.1) is 7.11 Å². The highest BCUT2D eigenvalue weighted by molar-refractivity contribution is 6.05. The molecule has 1 aliphatic heterocycles. The lowest BCUT2D eigenvalue weighted by Crippen LogP contribution is -2.54. The number of methoxy groups -OCH3 is 1. The average molecular weight is 311 g/mol. The van der Waals surface area contributed by atoms with Crippen molar-refractivity contribution in [1.82, 2.24) is 10.4 Å². The lowest BCUT2D eigenvalue weighted by atomic mass is 10.1. The van der Waals surface area contributed by atoms with Crippen molar-refractivity contribution in [2.45, 2.75) is 5.79 Å². The van der Waals surface area contributed by atoms with Crippen molar-refractivity contribution in [3.05, 3.63) is 65.7 Å². The largest absolute Gasteiger partial charge is 0.497 e. The molecule has 5 N–H and O–H groups in total. The molecule has 118 valence electrons. The summed E-state index contributed by atoms with van der Waals surface area (Å²) >= 11 is 0. The molecule has 2 aromatic carbocycles. The number of hydrogen-bond acceptors (Lipinski definition) is 6. The summed E-state index contributed by atoms with van der Waals surface area (Å²) in [6, 6.07) is 15.9. The van der Waals surface area contributed by atoms with Crippen LogP contribution in [0, 0.1) is 0 Å². The predicted octanol–water partition coefficient (Wildman–Crippen LogP) is 0.739. The van der Waals surface area contributed by atoms with Crippen molar-refractivity contribution in [2.75, 3.05) is 7.11 Å². The molecule has 0 saturated heterocycles. The van der Waals surface area contributed by atoms with Crippen molar-refractivity contribution in [1.29, 1.82) is 0 Å². The zero-order chi connectivity index (χ0) is 16.4. The van der Waals surface area contributed by atoms with E-state index in [0.29, 0.717) is 16.9 Å². The number of nitrogens with two attached hydrogens (primary N) is 2. The standard InChI is InChI=1S/C16H17N5O2/c1-23-13-9-5-6-11(10-13)14(22)21-15(17)19-16(18,20-21)12-7-3-2-4-8-12/h2-10,20H,18H2,1H3,(H2,17,19). The Morgan fingerprint density at radius 2 is 1.96 bits per heavy atom. The second kappa shape index (κ2) is 5.71. The Bertz CT molecular complexity index is 762. The SMILES string of the molecule is COc1cccc(C(=O)N2NC(N)(c3ccccc3)N=C2N)c1. The van der Waals surface area contributed by atoms with E-state index in [9.17, 15) is 4.79 Å². The smallest absolute Gasteiger partial charge is 0.275 e. The molecule has 1 unspecified atom stereocenters. The number of nitrogens with one attached hydrogen (secondary N) is 1. The predicted molar refractivity (Wildman–Crippen MR) is 86.2 cm³/mol. The Balaban J connectivity index is 1.88. The van der Waals surface area contributed by atoms with E-state index < -0.39 is 5.79 Å². The van der Waals surface area contributed by atoms with E-state index in [0.717, 1.165) is 5.01 Å². The first-order chi connectivity index (χ1) is 11.0. The molecule has 0 saturated carbocycles. The van der Waals surface area contributed by atoms with Gasteiger partial charge < -0.3 is 10.5 Å². The van der Waals surface area contributed by atoms with Gasteiger partial charge in [-0.2, -0.15) is 5.43 Å². The average Bonchev–Trinajstić information content (AvgIpc) is 2.91. The van der Waals surface area contributed by atoms with Crippen molar-refractivity contribution >= 4 is 11.9 Å². The number of hydrogen-bond donors (Lipinski definition) is 3. The Labute approximate surface area is 133 Å². The topological polar surface area (TPSA) is 106 Å². The van der Waals surface area contributed by atoms with E-state index in [1.54, 1.807) is 24.3 Å². The van der Waals surface area contributed by atoms with Crippen molar-refractivity contribution in [2.24, 2.45) is 16.5 Å². The molecule has 2 aromatic rings. The first kappa shape index (κ1) is 15.0. The summed E-state index contributed by atoms with van der Waals surface area (Å²) in [5.74, 6) is -1.06. The normalized spacial score (nSPS) is 20.3. The number of amides is 1. The van der Waals surface area contributed by atoms with Crippen LogP contribution in [0.3, 0.4) is 0 Å². The molecule has 7 nitrogen and oxygen atoms in total. The van der Waals surface area contributed by atoms with Crippen LogP contribution in [0.5, 0.6) is 5.75 Å². The van der Waals surface area contributed by atoms with Gasteiger partial charge in [0, 0.05) is 11.1 Å². The quantitative estimate of drug-likeness (QED) is 0.775. The van der Waals surface area contributed by atoms with Gasteiger partial charge in [0.1, 0.15) is 5.75 Å². The second-order valence-corrected chi connectivity index (χ2v) is 5.09. The number of nitrogens with zero attached hydrogens (tertiary/aromatic N) is 2. The van der Waals surface area contributed by atoms with Crippen molar-refractivity contribution < 1.29 is 9.53 Å². The van der Waals surface area contributed by atoms with Gasteiger partial charge in [0.15, 0.2) is 0 Å². The van der Waals surface area contributed by atoms with Crippen LogP contribution < -0.4 is 21.6 Å². The summed E-state index contributed by atoms with van der Waals surface area (Å²) in [4.78, 5) is 16.8. The molecule has 1 heterocycles. The van der Waals surface area contributed by atoms with Gasteiger partial charge in [0.25, 0.3) is 5.91 Å². The third-order valence-electron chi connectivity index (χ3n) is 3.54. The van der Waals surface area contributed by atoms with Crippen LogP contribution in [0.2, 0.25) is 0 Å². The Hall–Kier alpha value is -2.90. The molecular weight excluding hydrogens is 294 g/mol. The maximum absolute atomic E-state index is 12.6. The van der Waals surface area contributed by atoms with Crippen molar-refractivity contribution in [3.8, 4) is 5.75 Å². The molecule has 3 rings (SSSR count). The highest BCUT2D eigenvalue weighted by Gasteiger charge is 2.39. The van der Waals surface area contributed by atoms with Gasteiger partial charge in [0.2, 0.25) is 11.7 Å². The summed E-state index contributed by atoms with van der Waals surface area (Å²) in [5.41, 5.74) is 16.1. The van der Waals surface area contributed by atoms with E-state index in [4.69, 9.17) is 16.2 Å². The molecule has 0 spiro atoms. The number of carbonyl (C=O) groups excluding carboxylic acids is 1. The minimum atomic E-state index is -1.28. The third-order valence-corrected chi connectivity index (χ3v) is 3.54. The van der Waals surface area contributed by atoms with Crippen LogP contribution in [0.15, 0.2) is 59.6 Å². The number of hydrazine groups is 1. The maximum Gasteiger partial charge on any atom is 0.275 e. The fourth-order valence-electron chi connectivity index (χ4n) is 2.34. The lowest BCUT2D eigenvalue weighted by Gasteiger charge is -2.24. The van der Waals surface area contributed by atoms with E-state index in [-0.39, 0.29) is 11.9 Å². The molecule has 1 atom stereocenters. The minimum Gasteiger partial charge on any atom is -0.497 e. The van der Waals surface area contributed by atoms with Gasteiger partial charge in [-0.25, -0.2) is 10.0 Å². The highest BCUT2D eigenvalue weighted by Crippen LogP contribution is 2.23. The summed E-state index contributed by atoms with van der Waals surface area (Å²) in [5, 5.41) is 1.14. The molecule has 23 heavy (non-hydrogen) atoms. The Kier molecular flexibility index (Phi) is 3.73. The first-order valence-electron chi connectivity index (χ1n) is 6.99. The van der Waals surface area contributed by atoms with Crippen LogP contribution in [-0.2, 0) is 5.79 Å². The molecule has 0 aliphatic carbocycles. The van der Waals surface area contributed by atoms with Gasteiger partial charge in [-0.1, -0.05) is 36.4 Å². The van der Waals surface area contributed by atoms with E-state index >= 15 is 0 Å². The molecule has 1 amide bonds. The Morgan fingerprint density at radius 1 is 1.22 bits per heavy atom. The van der Waals surface area contributed by atoms with Crippen LogP contribution in [0.4, 0.5) is 0 Å². The fraction of sp³-hybridized carbons (Fsp3) is 0.125. The summed E-state index contributed by atoms with van der Waals surface area (Å²) in [7, 11) is 1.54. The van der Waals surface area contributed by atoms with Crippen LogP contribution in [0.25, 0.3) is 0 Å². The van der Waals surface area contributed by atoms with Crippen molar-refractivity contribution in [3.63, 3.8) is 0 Å². The Morgan fingerprint density at radius 3 is 2.65 bits per heavy atom. The molecule has 1 aliphatic rings. The van der Waals surface area contributed by atoms with E-state index in [1.807, 2.05) is 30.3 Å². The van der Waals surface area contributed by atoms with Crippen LogP contribution in [-0.4, -0.2) is 24.0 Å². The molecule has 0 bridgehead atoms. The van der Waals surface area contributed by atoms with Gasteiger partial charge in [-0.15, -0.1) is 0 Å². The summed E-state index contributed by atoms with van der Waals surface area (Å²) < 4.78 is 5.13. The number of ether oxygens (including phenoxy) is 1. The molecule has 0 aromatic heterocycles. The van der Waals surface area contributed by atoms with Gasteiger partial charge >= 0.3 is 0 Å². The van der Waals surface area contributed by atoms with E-state index in [1.165, 1.54) is 7.11 Å². The van der Waals surface area contributed by atoms with Gasteiger partial charge in [-0.05, 0) is 18.2 Å². The summed E-state index contributed by atoms with van der Waals surface area (Å²) in [6.45, 7) is 0. The fourth-order valence-corrected chi connectivity index (χ4v) is 2.34. The monoisotopic (exact) mass is 311 g/mol. The highest BCUT2D eigenvalue weighted by atomic mass is 16.5. The number of benzene rings is 2. The van der Waals surface area contributed by atoms with Crippen LogP contribution >= 0.6 is 0 Å². The zero-order valence-corrected chi connectivity index (χ0v) is 12.6.